The number of hydrogen-bond acceptors (Lipinski definition) is 3. The lowest BCUT2D eigenvalue weighted by Crippen LogP contribution is -2.18. The highest BCUT2D eigenvalue weighted by atomic mass is 79.9. The van der Waals surface area contributed by atoms with Crippen molar-refractivity contribution in [3.63, 3.8) is 0 Å². The van der Waals surface area contributed by atoms with Crippen LogP contribution in [0.4, 0.5) is 0 Å². The van der Waals surface area contributed by atoms with E-state index in [2.05, 4.69) is 26.7 Å². The summed E-state index contributed by atoms with van der Waals surface area (Å²) in [5.41, 5.74) is 2.41. The second-order valence-electron chi connectivity index (χ2n) is 3.42. The molecule has 16 heavy (non-hydrogen) atoms. The Morgan fingerprint density at radius 1 is 1.62 bits per heavy atom. The van der Waals surface area contributed by atoms with Crippen molar-refractivity contribution in [1.82, 2.24) is 0 Å². The van der Waals surface area contributed by atoms with Crippen LogP contribution in [-0.2, 0) is 16.0 Å². The Morgan fingerprint density at radius 2 is 2.31 bits per heavy atom. The van der Waals surface area contributed by atoms with Crippen molar-refractivity contribution in [2.24, 2.45) is 0 Å². The van der Waals surface area contributed by atoms with Crippen LogP contribution in [-0.4, -0.2) is 17.9 Å². The number of ether oxygens (including phenoxy) is 1. The lowest BCUT2D eigenvalue weighted by atomic mass is 9.99. The Labute approximate surface area is 103 Å². The molecule has 84 valence electrons. The van der Waals surface area contributed by atoms with Gasteiger partial charge in [-0.05, 0) is 24.5 Å². The fourth-order valence-electron chi connectivity index (χ4n) is 1.46. The van der Waals surface area contributed by atoms with Gasteiger partial charge in [0.15, 0.2) is 0 Å². The predicted molar refractivity (Wildman–Crippen MR) is 64.3 cm³/mol. The lowest BCUT2D eigenvalue weighted by Gasteiger charge is -2.10. The van der Waals surface area contributed by atoms with E-state index in [4.69, 9.17) is 5.26 Å². The maximum absolute atomic E-state index is 11.2. The number of benzene rings is 1. The van der Waals surface area contributed by atoms with Gasteiger partial charge in [0.2, 0.25) is 0 Å². The number of carbonyl (C=O) groups is 1. The van der Waals surface area contributed by atoms with Crippen molar-refractivity contribution in [3.05, 3.63) is 34.9 Å². The molecule has 0 saturated heterocycles. The van der Waals surface area contributed by atoms with Crippen molar-refractivity contribution >= 4 is 21.9 Å². The summed E-state index contributed by atoms with van der Waals surface area (Å²) in [6.45, 7) is 1.88. The molecule has 1 aromatic rings. The molecule has 0 aliphatic rings. The van der Waals surface area contributed by atoms with E-state index in [9.17, 15) is 4.79 Å². The summed E-state index contributed by atoms with van der Waals surface area (Å²) >= 11 is 3.24. The van der Waals surface area contributed by atoms with Crippen molar-refractivity contribution in [3.8, 4) is 6.07 Å². The highest BCUT2D eigenvalue weighted by molar-refractivity contribution is 9.10. The average Bonchev–Trinajstić information content (AvgIpc) is 2.28. The average molecular weight is 282 g/mol. The number of nitrogens with zero attached hydrogens (tertiary/aromatic N) is 1. The Morgan fingerprint density at radius 3 is 2.88 bits per heavy atom. The molecular weight excluding hydrogens is 270 g/mol. The second kappa shape index (κ2) is 5.66. The van der Waals surface area contributed by atoms with Crippen LogP contribution in [0.2, 0.25) is 0 Å². The summed E-state index contributed by atoms with van der Waals surface area (Å²) in [6.07, 6.45) is 0.456. The lowest BCUT2D eigenvalue weighted by molar-refractivity contribution is -0.139. The van der Waals surface area contributed by atoms with Crippen molar-refractivity contribution in [2.75, 3.05) is 7.11 Å². The van der Waals surface area contributed by atoms with Gasteiger partial charge in [-0.1, -0.05) is 34.1 Å². The van der Waals surface area contributed by atoms with E-state index in [1.165, 1.54) is 7.11 Å². The predicted octanol–water partition coefficient (Wildman–Crippen LogP) is 2.35. The normalized spacial score (nSPS) is 11.6. The molecule has 0 saturated carbocycles. The van der Waals surface area contributed by atoms with E-state index in [-0.39, 0.29) is 5.97 Å². The zero-order valence-electron chi connectivity index (χ0n) is 9.16. The number of nitriles is 1. The van der Waals surface area contributed by atoms with E-state index >= 15 is 0 Å². The van der Waals surface area contributed by atoms with Crippen LogP contribution in [0.15, 0.2) is 18.2 Å². The van der Waals surface area contributed by atoms with Gasteiger partial charge in [-0.2, -0.15) is 5.26 Å². The number of carbonyl (C=O) groups excluding carboxylic acids is 1. The van der Waals surface area contributed by atoms with Gasteiger partial charge in [-0.25, -0.2) is 0 Å². The molecule has 0 bridgehead atoms. The monoisotopic (exact) mass is 281 g/mol. The molecule has 1 unspecified atom stereocenters. The number of halogens is 1. The number of rotatable bonds is 3. The molecule has 0 heterocycles. The van der Waals surface area contributed by atoms with Crippen molar-refractivity contribution < 1.29 is 9.53 Å². The number of hydrogen-bond donors (Lipinski definition) is 0. The van der Waals surface area contributed by atoms with E-state index in [0.29, 0.717) is 12.0 Å². The third kappa shape index (κ3) is 2.83. The summed E-state index contributed by atoms with van der Waals surface area (Å²) in [5.74, 6) is -0.328. The molecule has 0 radical (unpaired) electrons. The first-order valence-electron chi connectivity index (χ1n) is 4.80. The van der Waals surface area contributed by atoms with Gasteiger partial charge in [-0.15, -0.1) is 0 Å². The second-order valence-corrected chi connectivity index (χ2v) is 4.52. The summed E-state index contributed by atoms with van der Waals surface area (Å²) in [4.78, 5) is 10.8. The Hall–Kier alpha value is -1.34. The smallest absolute Gasteiger partial charge is 0.319 e. The largest absolute Gasteiger partial charge is 0.468 e. The van der Waals surface area contributed by atoms with E-state index in [1.54, 1.807) is 0 Å². The maximum Gasteiger partial charge on any atom is 0.319 e. The fourth-order valence-corrected chi connectivity index (χ4v) is 2.00. The molecule has 4 heteroatoms. The van der Waals surface area contributed by atoms with Gasteiger partial charge in [0.05, 0.1) is 18.7 Å². The number of alkyl halides is 1. The standard InChI is InChI=1S/C12H12BrNO2/c1-8-4-3-5-9(10(8)7-14)6-11(13)12(15)16-2/h3-5,11H,6H2,1-2H3. The first-order chi connectivity index (χ1) is 7.60. The van der Waals surface area contributed by atoms with Crippen LogP contribution in [0, 0.1) is 18.3 Å². The molecule has 1 rings (SSSR count). The molecule has 1 atom stereocenters. The zero-order chi connectivity index (χ0) is 12.1. The van der Waals surface area contributed by atoms with Crippen LogP contribution in [0.3, 0.4) is 0 Å². The molecule has 0 aromatic heterocycles. The summed E-state index contributed by atoms with van der Waals surface area (Å²) in [7, 11) is 1.35. The van der Waals surface area contributed by atoms with Crippen molar-refractivity contribution in [1.29, 1.82) is 5.26 Å². The topological polar surface area (TPSA) is 50.1 Å². The van der Waals surface area contributed by atoms with Gasteiger partial charge < -0.3 is 4.74 Å². The first-order valence-corrected chi connectivity index (χ1v) is 5.72. The molecule has 0 aliphatic heterocycles. The molecule has 0 N–H and O–H groups in total. The fraction of sp³-hybridized carbons (Fsp3) is 0.333. The minimum absolute atomic E-state index is 0.328. The van der Waals surface area contributed by atoms with Crippen LogP contribution in [0.5, 0.6) is 0 Å². The molecule has 0 fully saturated rings. The maximum atomic E-state index is 11.2. The van der Waals surface area contributed by atoms with E-state index in [1.807, 2.05) is 25.1 Å². The first kappa shape index (κ1) is 12.7. The molecular formula is C12H12BrNO2. The van der Waals surface area contributed by atoms with Crippen LogP contribution < -0.4 is 0 Å². The van der Waals surface area contributed by atoms with Gasteiger partial charge in [0.1, 0.15) is 4.83 Å². The van der Waals surface area contributed by atoms with Crippen LogP contribution in [0.25, 0.3) is 0 Å². The highest BCUT2D eigenvalue weighted by Crippen LogP contribution is 2.18. The molecule has 0 amide bonds. The summed E-state index contributed by atoms with van der Waals surface area (Å²) < 4.78 is 4.62. The van der Waals surface area contributed by atoms with Gasteiger partial charge in [-0.3, -0.25) is 4.79 Å². The van der Waals surface area contributed by atoms with Gasteiger partial charge >= 0.3 is 5.97 Å². The quantitative estimate of drug-likeness (QED) is 0.631. The highest BCUT2D eigenvalue weighted by Gasteiger charge is 2.17. The Kier molecular flexibility index (Phi) is 4.51. The third-order valence-electron chi connectivity index (χ3n) is 2.33. The number of aryl methyl sites for hydroxylation is 1. The van der Waals surface area contributed by atoms with Crippen LogP contribution >= 0.6 is 15.9 Å². The van der Waals surface area contributed by atoms with E-state index < -0.39 is 4.83 Å². The van der Waals surface area contributed by atoms with Crippen molar-refractivity contribution in [2.45, 2.75) is 18.2 Å². The number of methoxy groups -OCH3 is 1. The summed E-state index contributed by atoms with van der Waals surface area (Å²) in [5, 5.41) is 9.03. The Bertz CT molecular complexity index is 437. The molecule has 3 nitrogen and oxygen atoms in total. The Balaban J connectivity index is 2.94. The van der Waals surface area contributed by atoms with Gasteiger partial charge in [0, 0.05) is 0 Å². The molecule has 0 aliphatic carbocycles. The minimum Gasteiger partial charge on any atom is -0.468 e. The third-order valence-corrected chi connectivity index (χ3v) is 3.02. The molecule has 1 aromatic carbocycles. The zero-order valence-corrected chi connectivity index (χ0v) is 10.7. The molecule has 0 spiro atoms. The van der Waals surface area contributed by atoms with E-state index in [0.717, 1.165) is 11.1 Å². The van der Waals surface area contributed by atoms with Crippen LogP contribution in [0.1, 0.15) is 16.7 Å². The number of esters is 1. The SMILES string of the molecule is COC(=O)C(Br)Cc1cccc(C)c1C#N. The minimum atomic E-state index is -0.411. The van der Waals surface area contributed by atoms with Gasteiger partial charge in [0.25, 0.3) is 0 Å². The summed E-state index contributed by atoms with van der Waals surface area (Å²) in [6, 6.07) is 7.76.